The van der Waals surface area contributed by atoms with E-state index in [1.807, 2.05) is 13.0 Å². The molecule has 0 aliphatic carbocycles. The second-order valence-corrected chi connectivity index (χ2v) is 10.1. The van der Waals surface area contributed by atoms with Gasteiger partial charge in [-0.1, -0.05) is 29.0 Å². The van der Waals surface area contributed by atoms with Crippen molar-refractivity contribution in [2.45, 2.75) is 30.7 Å². The quantitative estimate of drug-likeness (QED) is 0.642. The molecule has 10 heteroatoms. The molecule has 2 heterocycles. The molecular formula is C19H17ClFN3O3S2. The number of aryl methyl sites for hydroxylation is 1. The fourth-order valence-corrected chi connectivity index (χ4v) is 6.25. The molecule has 1 aliphatic rings. The lowest BCUT2D eigenvalue weighted by atomic mass is 10.2. The van der Waals surface area contributed by atoms with Gasteiger partial charge in [-0.2, -0.15) is 4.31 Å². The van der Waals surface area contributed by atoms with E-state index in [4.69, 9.17) is 11.6 Å². The van der Waals surface area contributed by atoms with E-state index >= 15 is 0 Å². The summed E-state index contributed by atoms with van der Waals surface area (Å²) in [6.07, 6.45) is 0.959. The number of amides is 1. The summed E-state index contributed by atoms with van der Waals surface area (Å²) in [4.78, 5) is 17.3. The summed E-state index contributed by atoms with van der Waals surface area (Å²) in [6, 6.07) is 7.36. The monoisotopic (exact) mass is 453 g/mol. The number of benzene rings is 2. The molecular weight excluding hydrogens is 437 g/mol. The second kappa shape index (κ2) is 7.64. The fourth-order valence-electron chi connectivity index (χ4n) is 3.38. The summed E-state index contributed by atoms with van der Waals surface area (Å²) in [5, 5.41) is 3.65. The van der Waals surface area contributed by atoms with Crippen LogP contribution in [-0.2, 0) is 14.8 Å². The topological polar surface area (TPSA) is 79.4 Å². The van der Waals surface area contributed by atoms with Gasteiger partial charge < -0.3 is 5.32 Å². The van der Waals surface area contributed by atoms with E-state index in [0.717, 1.165) is 22.4 Å². The van der Waals surface area contributed by atoms with E-state index in [1.54, 1.807) is 6.07 Å². The molecule has 0 spiro atoms. The molecule has 1 unspecified atom stereocenters. The number of thiazole rings is 1. The number of hydrogen-bond donors (Lipinski definition) is 1. The summed E-state index contributed by atoms with van der Waals surface area (Å²) in [6.45, 7) is 2.13. The number of nitrogens with one attached hydrogen (secondary N) is 1. The Kier molecular flexibility index (Phi) is 5.32. The Morgan fingerprint density at radius 1 is 1.28 bits per heavy atom. The summed E-state index contributed by atoms with van der Waals surface area (Å²) in [5.74, 6) is -0.967. The minimum absolute atomic E-state index is 0.0407. The zero-order valence-electron chi connectivity index (χ0n) is 15.4. The smallest absolute Gasteiger partial charge is 0.244 e. The molecule has 4 rings (SSSR count). The molecule has 1 amide bonds. The number of sulfonamides is 1. The normalized spacial score (nSPS) is 17.7. The molecule has 3 aromatic rings. The number of carbonyl (C=O) groups is 1. The molecule has 1 fully saturated rings. The lowest BCUT2D eigenvalue weighted by Crippen LogP contribution is -2.43. The van der Waals surface area contributed by atoms with Crippen LogP contribution in [0.5, 0.6) is 0 Å². The molecule has 0 saturated carbocycles. The number of carbonyl (C=O) groups excluding carboxylic acids is 1. The van der Waals surface area contributed by atoms with Gasteiger partial charge in [-0.05, 0) is 55.7 Å². The Morgan fingerprint density at radius 2 is 2.00 bits per heavy atom. The van der Waals surface area contributed by atoms with Crippen LogP contribution < -0.4 is 5.32 Å². The van der Waals surface area contributed by atoms with Gasteiger partial charge in [-0.25, -0.2) is 17.8 Å². The van der Waals surface area contributed by atoms with E-state index < -0.39 is 27.8 Å². The first kappa shape index (κ1) is 20.2. The van der Waals surface area contributed by atoms with Crippen LogP contribution in [0, 0.1) is 12.7 Å². The molecule has 0 radical (unpaired) electrons. The molecule has 152 valence electrons. The molecule has 1 aromatic heterocycles. The number of rotatable bonds is 4. The lowest BCUT2D eigenvalue weighted by Gasteiger charge is -2.23. The van der Waals surface area contributed by atoms with E-state index in [0.29, 0.717) is 28.5 Å². The zero-order valence-corrected chi connectivity index (χ0v) is 17.7. The van der Waals surface area contributed by atoms with Crippen LogP contribution in [0.3, 0.4) is 0 Å². The lowest BCUT2D eigenvalue weighted by molar-refractivity contribution is -0.119. The van der Waals surface area contributed by atoms with Gasteiger partial charge in [0, 0.05) is 6.54 Å². The Bertz CT molecular complexity index is 1160. The molecule has 29 heavy (non-hydrogen) atoms. The van der Waals surface area contributed by atoms with Gasteiger partial charge in [-0.3, -0.25) is 4.79 Å². The third kappa shape index (κ3) is 3.75. The van der Waals surface area contributed by atoms with E-state index in [1.165, 1.54) is 27.8 Å². The summed E-state index contributed by atoms with van der Waals surface area (Å²) in [5.41, 5.74) is 1.64. The van der Waals surface area contributed by atoms with Crippen molar-refractivity contribution in [3.8, 4) is 0 Å². The third-order valence-electron chi connectivity index (χ3n) is 4.85. The molecule has 1 N–H and O–H groups in total. The Balaban J connectivity index is 1.59. The number of aromatic nitrogens is 1. The summed E-state index contributed by atoms with van der Waals surface area (Å²) < 4.78 is 41.0. The number of fused-ring (bicyclic) bond motifs is 1. The number of halogens is 2. The zero-order chi connectivity index (χ0) is 20.8. The van der Waals surface area contributed by atoms with Gasteiger partial charge in [0.1, 0.15) is 11.9 Å². The predicted molar refractivity (Wildman–Crippen MR) is 111 cm³/mol. The maximum absolute atomic E-state index is 13.2. The van der Waals surface area contributed by atoms with Crippen molar-refractivity contribution >= 4 is 54.2 Å². The van der Waals surface area contributed by atoms with Crippen molar-refractivity contribution in [3.05, 3.63) is 52.8 Å². The summed E-state index contributed by atoms with van der Waals surface area (Å²) in [7, 11) is -3.91. The van der Waals surface area contributed by atoms with Gasteiger partial charge >= 0.3 is 0 Å². The highest BCUT2D eigenvalue weighted by Gasteiger charge is 2.39. The van der Waals surface area contributed by atoms with Crippen LogP contribution in [0.2, 0.25) is 5.02 Å². The van der Waals surface area contributed by atoms with Crippen LogP contribution in [0.1, 0.15) is 18.4 Å². The van der Waals surface area contributed by atoms with Gasteiger partial charge in [-0.15, -0.1) is 0 Å². The van der Waals surface area contributed by atoms with Crippen LogP contribution in [0.4, 0.5) is 9.52 Å². The predicted octanol–water partition coefficient (Wildman–Crippen LogP) is 4.19. The van der Waals surface area contributed by atoms with Crippen molar-refractivity contribution in [1.82, 2.24) is 9.29 Å². The van der Waals surface area contributed by atoms with E-state index in [2.05, 4.69) is 10.3 Å². The van der Waals surface area contributed by atoms with E-state index in [-0.39, 0.29) is 11.4 Å². The van der Waals surface area contributed by atoms with E-state index in [9.17, 15) is 17.6 Å². The van der Waals surface area contributed by atoms with Crippen molar-refractivity contribution in [1.29, 1.82) is 0 Å². The molecule has 0 bridgehead atoms. The van der Waals surface area contributed by atoms with Crippen LogP contribution in [0.25, 0.3) is 10.2 Å². The molecule has 1 aliphatic heterocycles. The molecule has 1 saturated heterocycles. The number of nitrogens with zero attached hydrogens (tertiary/aromatic N) is 2. The highest BCUT2D eigenvalue weighted by Crippen LogP contribution is 2.34. The van der Waals surface area contributed by atoms with Crippen molar-refractivity contribution in [2.75, 3.05) is 11.9 Å². The molecule has 2 aromatic carbocycles. The Morgan fingerprint density at radius 3 is 2.69 bits per heavy atom. The van der Waals surface area contributed by atoms with Crippen molar-refractivity contribution < 1.29 is 17.6 Å². The standard InChI is InChI=1S/C19H17ClFN3O3S2/c1-11-4-9-14(20)17-16(11)22-19(28-17)23-18(25)15-3-2-10-24(15)29(26,27)13-7-5-12(21)6-8-13/h4-9,15H,2-3,10H2,1H3,(H,22,23,25). The first-order valence-corrected chi connectivity index (χ1v) is 11.5. The largest absolute Gasteiger partial charge is 0.301 e. The first-order chi connectivity index (χ1) is 13.8. The Labute approximate surface area is 176 Å². The third-order valence-corrected chi connectivity index (χ3v) is 8.21. The van der Waals surface area contributed by atoms with Gasteiger partial charge in [0.2, 0.25) is 15.9 Å². The minimum atomic E-state index is -3.91. The average Bonchev–Trinajstić information content (AvgIpc) is 3.33. The molecule has 6 nitrogen and oxygen atoms in total. The molecule has 1 atom stereocenters. The van der Waals surface area contributed by atoms with Gasteiger partial charge in [0.25, 0.3) is 0 Å². The number of anilines is 1. The first-order valence-electron chi connectivity index (χ1n) is 8.91. The van der Waals surface area contributed by atoms with Gasteiger partial charge in [0.15, 0.2) is 5.13 Å². The van der Waals surface area contributed by atoms with Gasteiger partial charge in [0.05, 0.1) is 20.1 Å². The highest BCUT2D eigenvalue weighted by molar-refractivity contribution is 7.89. The maximum Gasteiger partial charge on any atom is 0.244 e. The number of hydrogen-bond acceptors (Lipinski definition) is 5. The van der Waals surface area contributed by atoms with Crippen molar-refractivity contribution in [2.24, 2.45) is 0 Å². The highest BCUT2D eigenvalue weighted by atomic mass is 35.5. The second-order valence-electron chi connectivity index (χ2n) is 6.78. The summed E-state index contributed by atoms with van der Waals surface area (Å²) >= 11 is 7.46. The maximum atomic E-state index is 13.2. The minimum Gasteiger partial charge on any atom is -0.301 e. The van der Waals surface area contributed by atoms with Crippen LogP contribution in [-0.4, -0.2) is 36.2 Å². The average molecular weight is 454 g/mol. The van der Waals surface area contributed by atoms with Crippen LogP contribution >= 0.6 is 22.9 Å². The fraction of sp³-hybridized carbons (Fsp3) is 0.263. The van der Waals surface area contributed by atoms with Crippen LogP contribution in [0.15, 0.2) is 41.3 Å². The Hall–Kier alpha value is -2.07. The SMILES string of the molecule is Cc1ccc(Cl)c2sc(NC(=O)C3CCCN3S(=O)(=O)c3ccc(F)cc3)nc12. The van der Waals surface area contributed by atoms with Crippen molar-refractivity contribution in [3.63, 3.8) is 0 Å².